The van der Waals surface area contributed by atoms with Gasteiger partial charge in [0.2, 0.25) is 0 Å². The maximum atomic E-state index is 4.43. The molecular weight excluding hydrogens is 224 g/mol. The number of nitrogens with one attached hydrogen (secondary N) is 2. The molecule has 100 valence electrons. The smallest absolute Gasteiger partial charge is 0.135 e. The van der Waals surface area contributed by atoms with Crippen LogP contribution in [0.25, 0.3) is 0 Å². The Bertz CT molecular complexity index is 399. The Morgan fingerprint density at radius 3 is 2.50 bits per heavy atom. The van der Waals surface area contributed by atoms with Crippen LogP contribution in [0.2, 0.25) is 0 Å². The molecule has 1 heterocycles. The number of hydrogen-bond donors (Lipinski definition) is 2. The molecule has 1 aromatic heterocycles. The Labute approximate surface area is 110 Å². The van der Waals surface area contributed by atoms with Crippen LogP contribution in [0.1, 0.15) is 52.0 Å². The standard InChI is InChI=1S/C14H24N4/c1-4-6-11-12(15-9-5-2)16-10-17-13(11)18-14(3)7-8-14/h10H,4-9H2,1-3H3,(H2,15,16,17,18). The molecule has 0 aliphatic heterocycles. The van der Waals surface area contributed by atoms with Gasteiger partial charge in [-0.3, -0.25) is 0 Å². The molecule has 0 radical (unpaired) electrons. The van der Waals surface area contributed by atoms with Crippen molar-refractivity contribution in [3.8, 4) is 0 Å². The molecule has 0 saturated heterocycles. The average molecular weight is 248 g/mol. The molecule has 18 heavy (non-hydrogen) atoms. The lowest BCUT2D eigenvalue weighted by atomic mass is 10.1. The SMILES string of the molecule is CCCNc1ncnc(NC2(C)CC2)c1CCC. The van der Waals surface area contributed by atoms with Gasteiger partial charge in [0.25, 0.3) is 0 Å². The van der Waals surface area contributed by atoms with Crippen molar-refractivity contribution in [2.24, 2.45) is 0 Å². The minimum Gasteiger partial charge on any atom is -0.370 e. The molecule has 0 atom stereocenters. The first-order valence-corrected chi connectivity index (χ1v) is 7.04. The monoisotopic (exact) mass is 248 g/mol. The Balaban J connectivity index is 2.20. The summed E-state index contributed by atoms with van der Waals surface area (Å²) in [5.74, 6) is 2.02. The van der Waals surface area contributed by atoms with E-state index in [4.69, 9.17) is 0 Å². The lowest BCUT2D eigenvalue weighted by molar-refractivity contribution is 0.805. The first kappa shape index (κ1) is 13.1. The molecule has 0 unspecified atom stereocenters. The Hall–Kier alpha value is -1.32. The zero-order valence-corrected chi connectivity index (χ0v) is 11.7. The van der Waals surface area contributed by atoms with Crippen molar-refractivity contribution in [3.05, 3.63) is 11.9 Å². The summed E-state index contributed by atoms with van der Waals surface area (Å²) in [6.45, 7) is 7.58. The molecule has 4 nitrogen and oxygen atoms in total. The van der Waals surface area contributed by atoms with Gasteiger partial charge in [-0.2, -0.15) is 0 Å². The number of hydrogen-bond acceptors (Lipinski definition) is 4. The van der Waals surface area contributed by atoms with E-state index in [1.807, 2.05) is 0 Å². The maximum absolute atomic E-state index is 4.43. The van der Waals surface area contributed by atoms with Crippen molar-refractivity contribution in [3.63, 3.8) is 0 Å². The largest absolute Gasteiger partial charge is 0.370 e. The number of rotatable bonds is 7. The summed E-state index contributed by atoms with van der Waals surface area (Å²) in [7, 11) is 0. The van der Waals surface area contributed by atoms with Crippen molar-refractivity contribution in [1.29, 1.82) is 0 Å². The third-order valence-electron chi connectivity index (χ3n) is 3.41. The summed E-state index contributed by atoms with van der Waals surface area (Å²) in [4.78, 5) is 8.81. The topological polar surface area (TPSA) is 49.8 Å². The molecule has 1 fully saturated rings. The van der Waals surface area contributed by atoms with Crippen molar-refractivity contribution in [2.75, 3.05) is 17.2 Å². The average Bonchev–Trinajstić information content (AvgIpc) is 3.07. The summed E-state index contributed by atoms with van der Waals surface area (Å²) in [5, 5.41) is 6.97. The van der Waals surface area contributed by atoms with Gasteiger partial charge in [-0.25, -0.2) is 9.97 Å². The van der Waals surface area contributed by atoms with Crippen LogP contribution in [0.5, 0.6) is 0 Å². The van der Waals surface area contributed by atoms with Crippen LogP contribution in [0.3, 0.4) is 0 Å². The van der Waals surface area contributed by atoms with Crippen LogP contribution in [-0.2, 0) is 6.42 Å². The molecule has 1 aliphatic rings. The van der Waals surface area contributed by atoms with Crippen LogP contribution in [0.15, 0.2) is 6.33 Å². The fraction of sp³-hybridized carbons (Fsp3) is 0.714. The first-order chi connectivity index (χ1) is 8.68. The van der Waals surface area contributed by atoms with E-state index in [1.165, 1.54) is 18.4 Å². The molecular formula is C14H24N4. The quantitative estimate of drug-likeness (QED) is 0.778. The molecule has 4 heteroatoms. The second-order valence-electron chi connectivity index (χ2n) is 5.41. The van der Waals surface area contributed by atoms with E-state index in [9.17, 15) is 0 Å². The highest BCUT2D eigenvalue weighted by Gasteiger charge is 2.38. The van der Waals surface area contributed by atoms with Gasteiger partial charge in [0.15, 0.2) is 0 Å². The lowest BCUT2D eigenvalue weighted by Gasteiger charge is -2.18. The van der Waals surface area contributed by atoms with E-state index in [1.54, 1.807) is 6.33 Å². The van der Waals surface area contributed by atoms with Crippen molar-refractivity contribution in [2.45, 2.75) is 58.4 Å². The van der Waals surface area contributed by atoms with Gasteiger partial charge in [-0.1, -0.05) is 20.3 Å². The van der Waals surface area contributed by atoms with Gasteiger partial charge in [0, 0.05) is 17.6 Å². The zero-order valence-electron chi connectivity index (χ0n) is 11.7. The van der Waals surface area contributed by atoms with E-state index in [0.29, 0.717) is 0 Å². The van der Waals surface area contributed by atoms with Crippen LogP contribution in [0.4, 0.5) is 11.6 Å². The summed E-state index contributed by atoms with van der Waals surface area (Å²) in [6.07, 6.45) is 7.37. The molecule has 1 aromatic rings. The maximum Gasteiger partial charge on any atom is 0.135 e. The van der Waals surface area contributed by atoms with E-state index < -0.39 is 0 Å². The fourth-order valence-electron chi connectivity index (χ4n) is 2.00. The van der Waals surface area contributed by atoms with Crippen LogP contribution < -0.4 is 10.6 Å². The van der Waals surface area contributed by atoms with Gasteiger partial charge < -0.3 is 10.6 Å². The van der Waals surface area contributed by atoms with Gasteiger partial charge in [-0.05, 0) is 32.6 Å². The van der Waals surface area contributed by atoms with Crippen LogP contribution in [0, 0.1) is 0 Å². The fourth-order valence-corrected chi connectivity index (χ4v) is 2.00. The second kappa shape index (κ2) is 5.55. The van der Waals surface area contributed by atoms with E-state index in [-0.39, 0.29) is 5.54 Å². The summed E-state index contributed by atoms with van der Waals surface area (Å²) >= 11 is 0. The minimum absolute atomic E-state index is 0.263. The third kappa shape index (κ3) is 3.12. The predicted molar refractivity (Wildman–Crippen MR) is 76.1 cm³/mol. The lowest BCUT2D eigenvalue weighted by Crippen LogP contribution is -2.19. The van der Waals surface area contributed by atoms with Crippen molar-refractivity contribution >= 4 is 11.6 Å². The van der Waals surface area contributed by atoms with E-state index in [0.717, 1.165) is 37.4 Å². The number of nitrogens with zero attached hydrogens (tertiary/aromatic N) is 2. The van der Waals surface area contributed by atoms with Crippen molar-refractivity contribution < 1.29 is 0 Å². The summed E-state index contributed by atoms with van der Waals surface area (Å²) in [5.41, 5.74) is 1.50. The highest BCUT2D eigenvalue weighted by atomic mass is 15.1. The van der Waals surface area contributed by atoms with E-state index in [2.05, 4.69) is 41.4 Å². The normalized spacial score (nSPS) is 16.4. The molecule has 0 spiro atoms. The van der Waals surface area contributed by atoms with Gasteiger partial charge in [0.1, 0.15) is 18.0 Å². The van der Waals surface area contributed by atoms with Crippen LogP contribution in [-0.4, -0.2) is 22.1 Å². The number of anilines is 2. The molecule has 2 rings (SSSR count). The van der Waals surface area contributed by atoms with Gasteiger partial charge in [-0.15, -0.1) is 0 Å². The molecule has 0 bridgehead atoms. The minimum atomic E-state index is 0.263. The zero-order chi connectivity index (χ0) is 13.0. The third-order valence-corrected chi connectivity index (χ3v) is 3.41. The molecule has 2 N–H and O–H groups in total. The highest BCUT2D eigenvalue weighted by Crippen LogP contribution is 2.39. The molecule has 1 saturated carbocycles. The predicted octanol–water partition coefficient (Wildman–Crippen LogP) is 3.22. The molecule has 1 aliphatic carbocycles. The Kier molecular flexibility index (Phi) is 4.04. The van der Waals surface area contributed by atoms with E-state index >= 15 is 0 Å². The Morgan fingerprint density at radius 1 is 1.17 bits per heavy atom. The van der Waals surface area contributed by atoms with Gasteiger partial charge >= 0.3 is 0 Å². The summed E-state index contributed by atoms with van der Waals surface area (Å²) < 4.78 is 0. The second-order valence-corrected chi connectivity index (χ2v) is 5.41. The number of aromatic nitrogens is 2. The molecule has 0 aromatic carbocycles. The first-order valence-electron chi connectivity index (χ1n) is 7.04. The van der Waals surface area contributed by atoms with Gasteiger partial charge in [0.05, 0.1) is 0 Å². The van der Waals surface area contributed by atoms with Crippen LogP contribution >= 0.6 is 0 Å². The Morgan fingerprint density at radius 2 is 1.89 bits per heavy atom. The van der Waals surface area contributed by atoms with Crippen molar-refractivity contribution in [1.82, 2.24) is 9.97 Å². The molecule has 0 amide bonds. The summed E-state index contributed by atoms with van der Waals surface area (Å²) in [6, 6.07) is 0. The highest BCUT2D eigenvalue weighted by molar-refractivity contribution is 5.59.